The highest BCUT2D eigenvalue weighted by molar-refractivity contribution is 9.10. The molecule has 1 aliphatic heterocycles. The van der Waals surface area contributed by atoms with Crippen LogP contribution in [0.1, 0.15) is 31.4 Å². The molecule has 2 rings (SSSR count). The topological polar surface area (TPSA) is 46.5 Å². The predicted octanol–water partition coefficient (Wildman–Crippen LogP) is 3.14. The third-order valence-electron chi connectivity index (χ3n) is 3.11. The molecule has 1 heterocycles. The summed E-state index contributed by atoms with van der Waals surface area (Å²) in [4.78, 5) is 10.9. The van der Waals surface area contributed by atoms with Crippen molar-refractivity contribution in [2.24, 2.45) is 0 Å². The van der Waals surface area contributed by atoms with Gasteiger partial charge in [-0.2, -0.15) is 0 Å². The van der Waals surface area contributed by atoms with Crippen molar-refractivity contribution in [2.45, 2.75) is 32.1 Å². The minimum Gasteiger partial charge on any atom is -0.492 e. The Kier molecular flexibility index (Phi) is 3.17. The quantitative estimate of drug-likeness (QED) is 0.932. The van der Waals surface area contributed by atoms with Crippen molar-refractivity contribution < 1.29 is 14.6 Å². The largest absolute Gasteiger partial charge is 0.492 e. The minimum absolute atomic E-state index is 0.124. The smallest absolute Gasteiger partial charge is 0.304 e. The number of fused-ring (bicyclic) bond motifs is 1. The molecule has 17 heavy (non-hydrogen) atoms. The van der Waals surface area contributed by atoms with Crippen LogP contribution in [0.3, 0.4) is 0 Å². The summed E-state index contributed by atoms with van der Waals surface area (Å²) in [7, 11) is 0. The van der Waals surface area contributed by atoms with E-state index in [0.29, 0.717) is 6.61 Å². The number of ether oxygens (including phenoxy) is 1. The van der Waals surface area contributed by atoms with E-state index in [1.54, 1.807) is 0 Å². The Labute approximate surface area is 109 Å². The normalized spacial score (nSPS) is 14.3. The number of halogens is 1. The highest BCUT2D eigenvalue weighted by atomic mass is 79.9. The molecule has 0 bridgehead atoms. The molecule has 0 saturated heterocycles. The lowest BCUT2D eigenvalue weighted by Crippen LogP contribution is -2.21. The first-order valence-electron chi connectivity index (χ1n) is 5.57. The van der Waals surface area contributed by atoms with Crippen LogP contribution in [-0.4, -0.2) is 17.7 Å². The molecule has 0 spiro atoms. The van der Waals surface area contributed by atoms with E-state index in [2.05, 4.69) is 22.0 Å². The molecule has 3 nitrogen and oxygen atoms in total. The first-order valence-corrected chi connectivity index (χ1v) is 6.37. The zero-order chi connectivity index (χ0) is 12.6. The molecule has 0 atom stereocenters. The molecule has 1 aromatic carbocycles. The lowest BCUT2D eigenvalue weighted by molar-refractivity contribution is -0.138. The maximum Gasteiger partial charge on any atom is 0.304 e. The Balaban J connectivity index is 2.40. The van der Waals surface area contributed by atoms with Gasteiger partial charge in [0.2, 0.25) is 0 Å². The van der Waals surface area contributed by atoms with Gasteiger partial charge < -0.3 is 9.84 Å². The average molecular weight is 299 g/mol. The van der Waals surface area contributed by atoms with Gasteiger partial charge in [0.25, 0.3) is 0 Å². The van der Waals surface area contributed by atoms with Gasteiger partial charge in [0.15, 0.2) is 0 Å². The summed E-state index contributed by atoms with van der Waals surface area (Å²) >= 11 is 3.48. The molecule has 0 amide bonds. The van der Waals surface area contributed by atoms with Crippen LogP contribution in [0, 0.1) is 0 Å². The number of hydrogen-bond acceptors (Lipinski definition) is 2. The van der Waals surface area contributed by atoms with E-state index < -0.39 is 5.97 Å². The van der Waals surface area contributed by atoms with Crippen LogP contribution >= 0.6 is 15.9 Å². The van der Waals surface area contributed by atoms with E-state index in [1.807, 2.05) is 19.9 Å². The third kappa shape index (κ3) is 2.46. The lowest BCUT2D eigenvalue weighted by Gasteiger charge is -2.24. The Bertz CT molecular complexity index is 466. The summed E-state index contributed by atoms with van der Waals surface area (Å²) in [6.45, 7) is 4.60. The van der Waals surface area contributed by atoms with E-state index in [0.717, 1.165) is 27.8 Å². The first kappa shape index (κ1) is 12.4. The molecule has 1 aliphatic rings. The van der Waals surface area contributed by atoms with Gasteiger partial charge in [-0.05, 0) is 33.1 Å². The summed E-state index contributed by atoms with van der Waals surface area (Å²) in [5.74, 6) is 0.128. The van der Waals surface area contributed by atoms with Crippen molar-refractivity contribution in [1.29, 1.82) is 0 Å². The number of rotatable bonds is 3. The Morgan fingerprint density at radius 2 is 2.24 bits per heavy atom. The number of carboxylic acids is 1. The predicted molar refractivity (Wildman–Crippen MR) is 68.6 cm³/mol. The maximum absolute atomic E-state index is 10.9. The highest BCUT2D eigenvalue weighted by Crippen LogP contribution is 2.39. The zero-order valence-corrected chi connectivity index (χ0v) is 11.5. The lowest BCUT2D eigenvalue weighted by atomic mass is 9.81. The summed E-state index contributed by atoms with van der Waals surface area (Å²) in [6.07, 6.45) is 1.02. The van der Waals surface area contributed by atoms with Crippen molar-refractivity contribution in [3.8, 4) is 5.75 Å². The van der Waals surface area contributed by atoms with Gasteiger partial charge in [-0.3, -0.25) is 4.79 Å². The van der Waals surface area contributed by atoms with Gasteiger partial charge >= 0.3 is 5.97 Å². The Morgan fingerprint density at radius 1 is 1.53 bits per heavy atom. The summed E-state index contributed by atoms with van der Waals surface area (Å²) in [5, 5.41) is 8.94. The zero-order valence-electron chi connectivity index (χ0n) is 9.92. The van der Waals surface area contributed by atoms with Gasteiger partial charge in [-0.1, -0.05) is 19.9 Å². The Hall–Kier alpha value is -1.03. The van der Waals surface area contributed by atoms with Crippen molar-refractivity contribution in [1.82, 2.24) is 0 Å². The Morgan fingerprint density at radius 3 is 2.88 bits per heavy atom. The number of carboxylic acid groups (broad SMARTS) is 1. The van der Waals surface area contributed by atoms with Crippen molar-refractivity contribution >= 4 is 21.9 Å². The summed E-state index contributed by atoms with van der Waals surface area (Å²) < 4.78 is 6.43. The van der Waals surface area contributed by atoms with Crippen LogP contribution in [0.5, 0.6) is 5.75 Å². The molecule has 4 heteroatoms. The maximum atomic E-state index is 10.9. The fraction of sp³-hybridized carbons (Fsp3) is 0.462. The van der Waals surface area contributed by atoms with Crippen molar-refractivity contribution in [3.63, 3.8) is 0 Å². The second kappa shape index (κ2) is 4.33. The van der Waals surface area contributed by atoms with Crippen LogP contribution in [-0.2, 0) is 16.6 Å². The average Bonchev–Trinajstić information content (AvgIpc) is 2.63. The van der Waals surface area contributed by atoms with E-state index in [1.165, 1.54) is 0 Å². The first-order chi connectivity index (χ1) is 7.90. The van der Waals surface area contributed by atoms with Gasteiger partial charge in [0, 0.05) is 11.8 Å². The summed E-state index contributed by atoms with van der Waals surface area (Å²) in [5.41, 5.74) is 1.83. The highest BCUT2D eigenvalue weighted by Gasteiger charge is 2.27. The minimum atomic E-state index is -0.775. The second-order valence-corrected chi connectivity index (χ2v) is 5.85. The molecule has 92 valence electrons. The molecule has 0 saturated carbocycles. The SMILES string of the molecule is CC(C)(CC(=O)O)c1cc(Br)c2c(c1)CCO2. The molecular weight excluding hydrogens is 284 g/mol. The van der Waals surface area contributed by atoms with Gasteiger partial charge in [-0.25, -0.2) is 0 Å². The van der Waals surface area contributed by atoms with Crippen molar-refractivity contribution in [2.75, 3.05) is 6.61 Å². The fourth-order valence-electron chi connectivity index (χ4n) is 2.13. The van der Waals surface area contributed by atoms with Gasteiger partial charge in [-0.15, -0.1) is 0 Å². The fourth-order valence-corrected chi connectivity index (χ4v) is 2.75. The van der Waals surface area contributed by atoms with Crippen LogP contribution in [0.15, 0.2) is 16.6 Å². The van der Waals surface area contributed by atoms with Crippen LogP contribution < -0.4 is 4.74 Å². The van der Waals surface area contributed by atoms with Crippen LogP contribution in [0.4, 0.5) is 0 Å². The molecule has 0 radical (unpaired) electrons. The van der Waals surface area contributed by atoms with Crippen LogP contribution in [0.2, 0.25) is 0 Å². The standard InChI is InChI=1S/C13H15BrO3/c1-13(2,7-11(15)16)9-5-8-3-4-17-12(8)10(14)6-9/h5-6H,3-4,7H2,1-2H3,(H,15,16). The monoisotopic (exact) mass is 298 g/mol. The van der Waals surface area contributed by atoms with Gasteiger partial charge in [0.1, 0.15) is 5.75 Å². The molecule has 0 unspecified atom stereocenters. The van der Waals surface area contributed by atoms with E-state index in [-0.39, 0.29) is 11.8 Å². The van der Waals surface area contributed by atoms with Crippen molar-refractivity contribution in [3.05, 3.63) is 27.7 Å². The number of aliphatic carboxylic acids is 1. The molecule has 0 fully saturated rings. The van der Waals surface area contributed by atoms with E-state index in [4.69, 9.17) is 9.84 Å². The second-order valence-electron chi connectivity index (χ2n) is 5.00. The molecule has 1 aromatic rings. The van der Waals surface area contributed by atoms with Crippen LogP contribution in [0.25, 0.3) is 0 Å². The number of hydrogen-bond donors (Lipinski definition) is 1. The van der Waals surface area contributed by atoms with E-state index in [9.17, 15) is 4.79 Å². The molecule has 0 aromatic heterocycles. The van der Waals surface area contributed by atoms with E-state index >= 15 is 0 Å². The molecule has 0 aliphatic carbocycles. The summed E-state index contributed by atoms with van der Waals surface area (Å²) in [6, 6.07) is 4.03. The molecular formula is C13H15BrO3. The number of benzene rings is 1. The third-order valence-corrected chi connectivity index (χ3v) is 3.70. The van der Waals surface area contributed by atoms with Gasteiger partial charge in [0.05, 0.1) is 17.5 Å². The molecule has 1 N–H and O–H groups in total. The number of carbonyl (C=O) groups is 1.